The van der Waals surface area contributed by atoms with E-state index in [1.165, 1.54) is 12.3 Å². The summed E-state index contributed by atoms with van der Waals surface area (Å²) in [6.07, 6.45) is 5.03. The highest BCUT2D eigenvalue weighted by Gasteiger charge is 2.34. The SMILES string of the molecule is O=C(c1cccnc1)N(Cc1c(F)cccc1Cl)C1CC1. The minimum atomic E-state index is -0.382. The van der Waals surface area contributed by atoms with E-state index in [9.17, 15) is 9.18 Å². The van der Waals surface area contributed by atoms with Gasteiger partial charge in [0.25, 0.3) is 5.91 Å². The molecule has 5 heteroatoms. The normalized spacial score (nSPS) is 14.0. The third-order valence-electron chi connectivity index (χ3n) is 3.55. The third-order valence-corrected chi connectivity index (χ3v) is 3.90. The number of carbonyl (C=O) groups is 1. The van der Waals surface area contributed by atoms with Crippen molar-refractivity contribution < 1.29 is 9.18 Å². The maximum atomic E-state index is 13.9. The largest absolute Gasteiger partial charge is 0.331 e. The fourth-order valence-electron chi connectivity index (χ4n) is 2.26. The van der Waals surface area contributed by atoms with Gasteiger partial charge >= 0.3 is 0 Å². The molecule has 1 saturated carbocycles. The Balaban J connectivity index is 1.88. The second-order valence-corrected chi connectivity index (χ2v) is 5.51. The number of aromatic nitrogens is 1. The molecule has 1 aliphatic rings. The lowest BCUT2D eigenvalue weighted by molar-refractivity contribution is 0.0728. The van der Waals surface area contributed by atoms with Crippen LogP contribution in [-0.2, 0) is 6.54 Å². The molecule has 21 heavy (non-hydrogen) atoms. The Hall–Kier alpha value is -1.94. The van der Waals surface area contributed by atoms with Gasteiger partial charge in [0, 0.05) is 29.0 Å². The van der Waals surface area contributed by atoms with Crippen LogP contribution in [0.4, 0.5) is 4.39 Å². The molecular formula is C16H14ClFN2O. The summed E-state index contributed by atoms with van der Waals surface area (Å²) in [5, 5.41) is 0.347. The summed E-state index contributed by atoms with van der Waals surface area (Å²) in [6, 6.07) is 8.15. The van der Waals surface area contributed by atoms with Crippen molar-refractivity contribution >= 4 is 17.5 Å². The van der Waals surface area contributed by atoms with Crippen LogP contribution in [-0.4, -0.2) is 21.8 Å². The molecule has 1 aromatic carbocycles. The summed E-state index contributed by atoms with van der Waals surface area (Å²) in [6.45, 7) is 0.184. The van der Waals surface area contributed by atoms with Gasteiger partial charge in [-0.1, -0.05) is 17.7 Å². The lowest BCUT2D eigenvalue weighted by atomic mass is 10.1. The molecule has 3 rings (SSSR count). The van der Waals surface area contributed by atoms with E-state index in [1.54, 1.807) is 35.4 Å². The van der Waals surface area contributed by atoms with E-state index in [0.717, 1.165) is 12.8 Å². The Morgan fingerprint density at radius 1 is 1.33 bits per heavy atom. The number of carbonyl (C=O) groups excluding carboxylic acids is 1. The Bertz CT molecular complexity index is 638. The van der Waals surface area contributed by atoms with Crippen molar-refractivity contribution in [1.29, 1.82) is 0 Å². The van der Waals surface area contributed by atoms with Gasteiger partial charge in [-0.2, -0.15) is 0 Å². The molecule has 0 saturated heterocycles. The smallest absolute Gasteiger partial charge is 0.255 e. The number of hydrogen-bond acceptors (Lipinski definition) is 2. The van der Waals surface area contributed by atoms with Crippen molar-refractivity contribution in [2.24, 2.45) is 0 Å². The second-order valence-electron chi connectivity index (χ2n) is 5.11. The maximum Gasteiger partial charge on any atom is 0.255 e. The highest BCUT2D eigenvalue weighted by molar-refractivity contribution is 6.31. The van der Waals surface area contributed by atoms with E-state index in [4.69, 9.17) is 11.6 Å². The molecular weight excluding hydrogens is 291 g/mol. The van der Waals surface area contributed by atoms with E-state index in [2.05, 4.69) is 4.98 Å². The number of rotatable bonds is 4. The number of benzene rings is 1. The van der Waals surface area contributed by atoms with E-state index >= 15 is 0 Å². The van der Waals surface area contributed by atoms with Gasteiger partial charge in [-0.15, -0.1) is 0 Å². The Morgan fingerprint density at radius 3 is 2.76 bits per heavy atom. The number of hydrogen-bond donors (Lipinski definition) is 0. The van der Waals surface area contributed by atoms with Gasteiger partial charge in [0.1, 0.15) is 5.82 Å². The predicted molar refractivity (Wildman–Crippen MR) is 78.5 cm³/mol. The summed E-state index contributed by atoms with van der Waals surface area (Å²) < 4.78 is 13.9. The van der Waals surface area contributed by atoms with E-state index in [1.807, 2.05) is 0 Å². The Kier molecular flexibility index (Phi) is 3.88. The van der Waals surface area contributed by atoms with Gasteiger partial charge in [0.15, 0.2) is 0 Å². The zero-order valence-corrected chi connectivity index (χ0v) is 12.1. The molecule has 1 amide bonds. The van der Waals surface area contributed by atoms with Gasteiger partial charge in [-0.3, -0.25) is 9.78 Å². The van der Waals surface area contributed by atoms with E-state index in [-0.39, 0.29) is 24.3 Å². The third kappa shape index (κ3) is 3.05. The molecule has 1 aromatic heterocycles. The van der Waals surface area contributed by atoms with Crippen LogP contribution in [0.2, 0.25) is 5.02 Å². The summed E-state index contributed by atoms with van der Waals surface area (Å²) in [5.41, 5.74) is 0.875. The van der Waals surface area contributed by atoms with Gasteiger partial charge in [0.05, 0.1) is 12.1 Å². The fourth-order valence-corrected chi connectivity index (χ4v) is 2.48. The molecule has 0 bridgehead atoms. The zero-order valence-electron chi connectivity index (χ0n) is 11.3. The highest BCUT2D eigenvalue weighted by atomic mass is 35.5. The zero-order chi connectivity index (χ0) is 14.8. The molecule has 0 spiro atoms. The van der Waals surface area contributed by atoms with Crippen molar-refractivity contribution in [2.45, 2.75) is 25.4 Å². The second kappa shape index (κ2) is 5.82. The van der Waals surface area contributed by atoms with Crippen LogP contribution in [0.3, 0.4) is 0 Å². The monoisotopic (exact) mass is 304 g/mol. The summed E-state index contributed by atoms with van der Waals surface area (Å²) in [5.74, 6) is -0.517. The number of nitrogens with zero attached hydrogens (tertiary/aromatic N) is 2. The molecule has 3 nitrogen and oxygen atoms in total. The first-order valence-corrected chi connectivity index (χ1v) is 7.18. The van der Waals surface area contributed by atoms with Gasteiger partial charge in [0.2, 0.25) is 0 Å². The molecule has 0 radical (unpaired) electrons. The van der Waals surface area contributed by atoms with E-state index in [0.29, 0.717) is 16.1 Å². The van der Waals surface area contributed by atoms with Crippen LogP contribution in [0.15, 0.2) is 42.7 Å². The van der Waals surface area contributed by atoms with Gasteiger partial charge in [-0.25, -0.2) is 4.39 Å². The van der Waals surface area contributed by atoms with Crippen molar-refractivity contribution in [3.05, 3.63) is 64.7 Å². The van der Waals surface area contributed by atoms with Gasteiger partial charge < -0.3 is 4.90 Å². The first-order valence-electron chi connectivity index (χ1n) is 6.80. The van der Waals surface area contributed by atoms with Crippen LogP contribution >= 0.6 is 11.6 Å². The minimum absolute atomic E-state index is 0.134. The Labute approximate surface area is 127 Å². The highest BCUT2D eigenvalue weighted by Crippen LogP contribution is 2.31. The molecule has 1 aliphatic carbocycles. The molecule has 0 unspecified atom stereocenters. The van der Waals surface area contributed by atoms with Crippen molar-refractivity contribution in [1.82, 2.24) is 9.88 Å². The van der Waals surface area contributed by atoms with Gasteiger partial charge in [-0.05, 0) is 37.1 Å². The van der Waals surface area contributed by atoms with Crippen molar-refractivity contribution in [3.63, 3.8) is 0 Å². The molecule has 1 heterocycles. The van der Waals surface area contributed by atoms with Crippen LogP contribution < -0.4 is 0 Å². The lowest BCUT2D eigenvalue weighted by Gasteiger charge is -2.23. The average molecular weight is 305 g/mol. The molecule has 0 N–H and O–H groups in total. The van der Waals surface area contributed by atoms with Crippen LogP contribution in [0.5, 0.6) is 0 Å². The van der Waals surface area contributed by atoms with Crippen LogP contribution in [0.25, 0.3) is 0 Å². The number of amides is 1. The molecule has 0 atom stereocenters. The summed E-state index contributed by atoms with van der Waals surface area (Å²) >= 11 is 6.06. The first-order chi connectivity index (χ1) is 10.2. The topological polar surface area (TPSA) is 33.2 Å². The minimum Gasteiger partial charge on any atom is -0.331 e. The molecule has 1 fully saturated rings. The average Bonchev–Trinajstić information content (AvgIpc) is 3.32. The predicted octanol–water partition coefficient (Wildman–Crippen LogP) is 3.68. The quantitative estimate of drug-likeness (QED) is 0.863. The van der Waals surface area contributed by atoms with Crippen molar-refractivity contribution in [3.8, 4) is 0 Å². The summed E-state index contributed by atoms with van der Waals surface area (Å²) in [4.78, 5) is 18.2. The van der Waals surface area contributed by atoms with Crippen LogP contribution in [0.1, 0.15) is 28.8 Å². The van der Waals surface area contributed by atoms with Crippen molar-refractivity contribution in [2.75, 3.05) is 0 Å². The first kappa shape index (κ1) is 14.0. The lowest BCUT2D eigenvalue weighted by Crippen LogP contribution is -2.33. The number of halogens is 2. The molecule has 0 aliphatic heterocycles. The Morgan fingerprint density at radius 2 is 2.14 bits per heavy atom. The van der Waals surface area contributed by atoms with E-state index < -0.39 is 0 Å². The number of pyridine rings is 1. The molecule has 108 valence electrons. The maximum absolute atomic E-state index is 13.9. The fraction of sp³-hybridized carbons (Fsp3) is 0.250. The molecule has 2 aromatic rings. The summed E-state index contributed by atoms with van der Waals surface area (Å²) in [7, 11) is 0. The van der Waals surface area contributed by atoms with Crippen LogP contribution in [0, 0.1) is 5.82 Å². The standard InChI is InChI=1S/C16H14ClFN2O/c17-14-4-1-5-15(18)13(14)10-20(12-6-7-12)16(21)11-3-2-8-19-9-11/h1-5,8-9,12H,6-7,10H2.